The second kappa shape index (κ2) is 10.0. The first-order chi connectivity index (χ1) is 12.9. The van der Waals surface area contributed by atoms with Crippen LogP contribution in [0, 0.1) is 0 Å². The number of halogens is 2. The number of benzene rings is 2. The Bertz CT molecular complexity index is 797. The molecule has 0 radical (unpaired) electrons. The van der Waals surface area contributed by atoms with Crippen molar-refractivity contribution in [3.05, 3.63) is 58.1 Å². The maximum Gasteiger partial charge on any atom is 0.279 e. The smallest absolute Gasteiger partial charge is 0.279 e. The van der Waals surface area contributed by atoms with Crippen LogP contribution in [-0.4, -0.2) is 24.5 Å². The van der Waals surface area contributed by atoms with E-state index in [0.29, 0.717) is 28.0 Å². The Hall–Kier alpha value is -2.44. The summed E-state index contributed by atoms with van der Waals surface area (Å²) in [4.78, 5) is 24.0. The molecule has 1 atom stereocenters. The van der Waals surface area contributed by atoms with Gasteiger partial charge in [-0.1, -0.05) is 29.3 Å². The molecule has 0 saturated carbocycles. The average molecular weight is 411 g/mol. The highest BCUT2D eigenvalue weighted by Gasteiger charge is 2.15. The zero-order valence-electron chi connectivity index (χ0n) is 14.9. The summed E-state index contributed by atoms with van der Waals surface area (Å²) in [5.41, 5.74) is 5.35. The van der Waals surface area contributed by atoms with Crippen LogP contribution in [0.2, 0.25) is 10.0 Å². The summed E-state index contributed by atoms with van der Waals surface area (Å²) >= 11 is 11.7. The van der Waals surface area contributed by atoms with Crippen LogP contribution < -0.4 is 20.3 Å². The van der Waals surface area contributed by atoms with Gasteiger partial charge in [-0.2, -0.15) is 0 Å². The normalized spacial score (nSPS) is 11.4. The Balaban J connectivity index is 1.79. The Morgan fingerprint density at radius 3 is 2.30 bits per heavy atom. The third-order valence-corrected chi connectivity index (χ3v) is 4.23. The van der Waals surface area contributed by atoms with Gasteiger partial charge in [0.1, 0.15) is 11.5 Å². The van der Waals surface area contributed by atoms with E-state index < -0.39 is 17.9 Å². The SMILES string of the molecule is CCOc1ccc(OC(C)C(=O)NNC(=O)Cc2ccc(Cl)c(Cl)c2)cc1. The van der Waals surface area contributed by atoms with Crippen molar-refractivity contribution in [3.8, 4) is 11.5 Å². The number of ether oxygens (including phenoxy) is 2. The number of nitrogens with one attached hydrogen (secondary N) is 2. The molecule has 0 saturated heterocycles. The second-order valence-corrected chi connectivity index (χ2v) is 6.44. The predicted molar refractivity (Wildman–Crippen MR) is 104 cm³/mol. The van der Waals surface area contributed by atoms with Crippen molar-refractivity contribution >= 4 is 35.0 Å². The van der Waals surface area contributed by atoms with Crippen LogP contribution >= 0.6 is 23.2 Å². The van der Waals surface area contributed by atoms with Crippen LogP contribution in [0.5, 0.6) is 11.5 Å². The highest BCUT2D eigenvalue weighted by Crippen LogP contribution is 2.22. The van der Waals surface area contributed by atoms with Gasteiger partial charge in [0.15, 0.2) is 6.10 Å². The summed E-state index contributed by atoms with van der Waals surface area (Å²) in [7, 11) is 0. The van der Waals surface area contributed by atoms with Gasteiger partial charge < -0.3 is 9.47 Å². The summed E-state index contributed by atoms with van der Waals surface area (Å²) < 4.78 is 10.9. The third-order valence-electron chi connectivity index (χ3n) is 3.49. The van der Waals surface area contributed by atoms with E-state index >= 15 is 0 Å². The van der Waals surface area contributed by atoms with Gasteiger partial charge in [-0.3, -0.25) is 20.4 Å². The van der Waals surface area contributed by atoms with Gasteiger partial charge >= 0.3 is 0 Å². The highest BCUT2D eigenvalue weighted by atomic mass is 35.5. The molecule has 144 valence electrons. The lowest BCUT2D eigenvalue weighted by molar-refractivity contribution is -0.132. The summed E-state index contributed by atoms with van der Waals surface area (Å²) in [6.07, 6.45) is -0.751. The van der Waals surface area contributed by atoms with E-state index in [1.54, 1.807) is 49.4 Å². The van der Waals surface area contributed by atoms with Crippen molar-refractivity contribution in [2.24, 2.45) is 0 Å². The van der Waals surface area contributed by atoms with Crippen molar-refractivity contribution in [1.29, 1.82) is 0 Å². The number of hydrogen-bond acceptors (Lipinski definition) is 4. The second-order valence-electron chi connectivity index (χ2n) is 5.63. The fourth-order valence-electron chi connectivity index (χ4n) is 2.15. The van der Waals surface area contributed by atoms with E-state index in [1.165, 1.54) is 0 Å². The summed E-state index contributed by atoms with van der Waals surface area (Å²) in [6.45, 7) is 4.05. The van der Waals surface area contributed by atoms with E-state index in [2.05, 4.69) is 10.9 Å². The number of carbonyl (C=O) groups is 2. The van der Waals surface area contributed by atoms with Crippen molar-refractivity contribution in [2.45, 2.75) is 26.4 Å². The molecule has 0 spiro atoms. The molecule has 1 unspecified atom stereocenters. The quantitative estimate of drug-likeness (QED) is 0.684. The molecule has 6 nitrogen and oxygen atoms in total. The molecule has 2 amide bonds. The van der Waals surface area contributed by atoms with Gasteiger partial charge in [-0.15, -0.1) is 0 Å². The highest BCUT2D eigenvalue weighted by molar-refractivity contribution is 6.42. The largest absolute Gasteiger partial charge is 0.494 e. The average Bonchev–Trinajstić information content (AvgIpc) is 2.64. The van der Waals surface area contributed by atoms with Gasteiger partial charge in [-0.25, -0.2) is 0 Å². The fraction of sp³-hybridized carbons (Fsp3) is 0.263. The first-order valence-electron chi connectivity index (χ1n) is 8.31. The van der Waals surface area contributed by atoms with Crippen LogP contribution in [-0.2, 0) is 16.0 Å². The Kier molecular flexibility index (Phi) is 7.76. The number of hydrazine groups is 1. The van der Waals surface area contributed by atoms with Crippen LogP contribution in [0.3, 0.4) is 0 Å². The van der Waals surface area contributed by atoms with Gasteiger partial charge in [0.25, 0.3) is 5.91 Å². The molecular formula is C19H20Cl2N2O4. The summed E-state index contributed by atoms with van der Waals surface area (Å²) in [6, 6.07) is 11.8. The van der Waals surface area contributed by atoms with Gasteiger partial charge in [0.2, 0.25) is 5.91 Å². The van der Waals surface area contributed by atoms with Gasteiger partial charge in [-0.05, 0) is 55.8 Å². The van der Waals surface area contributed by atoms with Crippen LogP contribution in [0.25, 0.3) is 0 Å². The molecule has 0 aliphatic carbocycles. The van der Waals surface area contributed by atoms with E-state index in [4.69, 9.17) is 32.7 Å². The molecule has 0 aliphatic heterocycles. The number of hydrogen-bond donors (Lipinski definition) is 2. The minimum absolute atomic E-state index is 0.0469. The Morgan fingerprint density at radius 1 is 1.00 bits per heavy atom. The lowest BCUT2D eigenvalue weighted by Crippen LogP contribution is -2.47. The third kappa shape index (κ3) is 6.66. The first-order valence-corrected chi connectivity index (χ1v) is 9.06. The van der Waals surface area contributed by atoms with Crippen molar-refractivity contribution < 1.29 is 19.1 Å². The van der Waals surface area contributed by atoms with E-state index in [9.17, 15) is 9.59 Å². The van der Waals surface area contributed by atoms with Crippen LogP contribution in [0.4, 0.5) is 0 Å². The molecule has 0 bridgehead atoms. The summed E-state index contributed by atoms with van der Waals surface area (Å²) in [5, 5.41) is 0.776. The number of carbonyl (C=O) groups excluding carboxylic acids is 2. The first kappa shape index (κ1) is 20.9. The molecule has 2 N–H and O–H groups in total. The Labute approximate surface area is 167 Å². The molecular weight excluding hydrogens is 391 g/mol. The molecule has 0 aromatic heterocycles. The molecule has 0 fully saturated rings. The number of rotatable bonds is 7. The van der Waals surface area contributed by atoms with Crippen molar-refractivity contribution in [3.63, 3.8) is 0 Å². The molecule has 27 heavy (non-hydrogen) atoms. The van der Waals surface area contributed by atoms with Crippen molar-refractivity contribution in [2.75, 3.05) is 6.61 Å². The topological polar surface area (TPSA) is 76.7 Å². The van der Waals surface area contributed by atoms with Gasteiger partial charge in [0, 0.05) is 0 Å². The maximum absolute atomic E-state index is 12.1. The van der Waals surface area contributed by atoms with E-state index in [1.807, 2.05) is 6.92 Å². The number of amides is 2. The molecule has 8 heteroatoms. The minimum atomic E-state index is -0.798. The van der Waals surface area contributed by atoms with Crippen LogP contribution in [0.1, 0.15) is 19.4 Å². The molecule has 2 aromatic rings. The zero-order chi connectivity index (χ0) is 19.8. The predicted octanol–water partition coefficient (Wildman–Crippen LogP) is 3.55. The maximum atomic E-state index is 12.1. The molecule has 2 rings (SSSR count). The van der Waals surface area contributed by atoms with Crippen molar-refractivity contribution in [1.82, 2.24) is 10.9 Å². The lowest BCUT2D eigenvalue weighted by Gasteiger charge is -2.15. The standard InChI is InChI=1S/C19H20Cl2N2O4/c1-3-26-14-5-7-15(8-6-14)27-12(2)19(25)23-22-18(24)11-13-4-9-16(20)17(21)10-13/h4-10,12H,3,11H2,1-2H3,(H,22,24)(H,23,25). The molecule has 0 aliphatic rings. The fourth-order valence-corrected chi connectivity index (χ4v) is 2.47. The monoisotopic (exact) mass is 410 g/mol. The van der Waals surface area contributed by atoms with E-state index in [-0.39, 0.29) is 6.42 Å². The molecule has 2 aromatic carbocycles. The Morgan fingerprint density at radius 2 is 1.67 bits per heavy atom. The summed E-state index contributed by atoms with van der Waals surface area (Å²) in [5.74, 6) is 0.362. The molecule has 0 heterocycles. The van der Waals surface area contributed by atoms with Crippen LogP contribution in [0.15, 0.2) is 42.5 Å². The lowest BCUT2D eigenvalue weighted by atomic mass is 10.1. The minimum Gasteiger partial charge on any atom is -0.494 e. The van der Waals surface area contributed by atoms with Gasteiger partial charge in [0.05, 0.1) is 23.1 Å². The zero-order valence-corrected chi connectivity index (χ0v) is 16.4. The van der Waals surface area contributed by atoms with E-state index in [0.717, 1.165) is 5.75 Å².